The number of piperidine rings is 1. The second-order valence-electron chi connectivity index (χ2n) is 6.09. The third-order valence-electron chi connectivity index (χ3n) is 4.43. The summed E-state index contributed by atoms with van der Waals surface area (Å²) in [6.07, 6.45) is 5.01. The Labute approximate surface area is 158 Å². The topological polar surface area (TPSA) is 59.0 Å². The SMILES string of the molecule is CC1CCCCN1C(=O)CSc1ncnc2c(-c3cccs3)nsc12. The predicted molar refractivity (Wildman–Crippen MR) is 104 cm³/mol. The molecule has 0 aliphatic carbocycles. The van der Waals surface area contributed by atoms with E-state index in [1.807, 2.05) is 16.3 Å². The molecular weight excluding hydrogens is 372 g/mol. The molecule has 0 saturated carbocycles. The molecule has 1 aliphatic heterocycles. The lowest BCUT2D eigenvalue weighted by atomic mass is 10.0. The van der Waals surface area contributed by atoms with E-state index in [9.17, 15) is 4.79 Å². The molecule has 1 atom stereocenters. The van der Waals surface area contributed by atoms with E-state index < -0.39 is 0 Å². The summed E-state index contributed by atoms with van der Waals surface area (Å²) in [5, 5.41) is 2.89. The molecule has 0 N–H and O–H groups in total. The van der Waals surface area contributed by atoms with Crippen molar-refractivity contribution in [2.24, 2.45) is 0 Å². The Hall–Kier alpha value is -1.51. The van der Waals surface area contributed by atoms with Crippen LogP contribution in [0.3, 0.4) is 0 Å². The van der Waals surface area contributed by atoms with Gasteiger partial charge >= 0.3 is 0 Å². The molecule has 0 radical (unpaired) electrons. The monoisotopic (exact) mass is 390 g/mol. The molecule has 3 aromatic heterocycles. The van der Waals surface area contributed by atoms with E-state index in [0.29, 0.717) is 11.8 Å². The van der Waals surface area contributed by atoms with Gasteiger partial charge in [-0.2, -0.15) is 4.37 Å². The van der Waals surface area contributed by atoms with Gasteiger partial charge in [0.05, 0.1) is 10.6 Å². The third-order valence-corrected chi connectivity index (χ3v) is 7.26. The molecule has 1 unspecified atom stereocenters. The number of fused-ring (bicyclic) bond motifs is 1. The highest BCUT2D eigenvalue weighted by Crippen LogP contribution is 2.36. The van der Waals surface area contributed by atoms with Gasteiger partial charge in [-0.15, -0.1) is 11.3 Å². The molecule has 0 aromatic carbocycles. The highest BCUT2D eigenvalue weighted by molar-refractivity contribution is 8.00. The van der Waals surface area contributed by atoms with Crippen LogP contribution in [0.5, 0.6) is 0 Å². The van der Waals surface area contributed by atoms with Gasteiger partial charge in [-0.1, -0.05) is 17.8 Å². The van der Waals surface area contributed by atoms with Crippen LogP contribution >= 0.6 is 34.6 Å². The van der Waals surface area contributed by atoms with Crippen LogP contribution in [-0.2, 0) is 4.79 Å². The maximum atomic E-state index is 12.6. The standard InChI is InChI=1S/C17H18N4OS3/c1-11-5-2-3-7-21(11)13(22)9-24-17-16-15(18-10-19-17)14(20-25-16)12-6-4-8-23-12/h4,6,8,10-11H,2-3,5,7,9H2,1H3. The van der Waals surface area contributed by atoms with Crippen LogP contribution in [0.4, 0.5) is 0 Å². The summed E-state index contributed by atoms with van der Waals surface area (Å²) in [4.78, 5) is 24.5. The first-order valence-corrected chi connectivity index (χ1v) is 10.9. The Morgan fingerprint density at radius 3 is 3.12 bits per heavy atom. The summed E-state index contributed by atoms with van der Waals surface area (Å²) in [6.45, 7) is 3.02. The molecule has 4 heterocycles. The second-order valence-corrected chi connectivity index (χ2v) is 8.77. The van der Waals surface area contributed by atoms with Gasteiger partial charge in [-0.3, -0.25) is 4.79 Å². The first-order valence-electron chi connectivity index (χ1n) is 8.30. The fraction of sp³-hybridized carbons (Fsp3) is 0.412. The lowest BCUT2D eigenvalue weighted by Crippen LogP contribution is -2.42. The number of aromatic nitrogens is 3. The van der Waals surface area contributed by atoms with Crippen molar-refractivity contribution in [1.29, 1.82) is 0 Å². The van der Waals surface area contributed by atoms with Crippen molar-refractivity contribution in [3.8, 4) is 10.6 Å². The number of likely N-dealkylation sites (tertiary alicyclic amines) is 1. The van der Waals surface area contributed by atoms with Crippen molar-refractivity contribution < 1.29 is 4.79 Å². The van der Waals surface area contributed by atoms with E-state index in [1.165, 1.54) is 29.7 Å². The lowest BCUT2D eigenvalue weighted by Gasteiger charge is -2.33. The van der Waals surface area contributed by atoms with Gasteiger partial charge in [0, 0.05) is 12.6 Å². The van der Waals surface area contributed by atoms with Crippen LogP contribution in [0.25, 0.3) is 20.8 Å². The van der Waals surface area contributed by atoms with E-state index in [1.54, 1.807) is 17.7 Å². The number of nitrogens with zero attached hydrogens (tertiary/aromatic N) is 4. The molecule has 3 aromatic rings. The number of thioether (sulfide) groups is 1. The molecule has 8 heteroatoms. The highest BCUT2D eigenvalue weighted by Gasteiger charge is 2.23. The van der Waals surface area contributed by atoms with Gasteiger partial charge in [-0.05, 0) is 49.2 Å². The minimum atomic E-state index is 0.201. The molecule has 0 spiro atoms. The number of rotatable bonds is 4. The quantitative estimate of drug-likeness (QED) is 0.491. The number of amides is 1. The second kappa shape index (κ2) is 7.39. The van der Waals surface area contributed by atoms with Gasteiger partial charge in [0.2, 0.25) is 5.91 Å². The maximum absolute atomic E-state index is 12.6. The number of carbonyl (C=O) groups excluding carboxylic acids is 1. The average molecular weight is 391 g/mol. The van der Waals surface area contributed by atoms with E-state index in [-0.39, 0.29) is 5.91 Å². The molecule has 1 amide bonds. The Morgan fingerprint density at radius 2 is 2.32 bits per heavy atom. The largest absolute Gasteiger partial charge is 0.339 e. The number of hydrogen-bond acceptors (Lipinski definition) is 7. The highest BCUT2D eigenvalue weighted by atomic mass is 32.2. The van der Waals surface area contributed by atoms with Crippen molar-refractivity contribution in [3.63, 3.8) is 0 Å². The Morgan fingerprint density at radius 1 is 1.40 bits per heavy atom. The van der Waals surface area contributed by atoms with Crippen LogP contribution < -0.4 is 0 Å². The summed E-state index contributed by atoms with van der Waals surface area (Å²) in [5.74, 6) is 0.620. The van der Waals surface area contributed by atoms with Gasteiger partial charge in [0.1, 0.15) is 27.3 Å². The molecule has 25 heavy (non-hydrogen) atoms. The van der Waals surface area contributed by atoms with Gasteiger partial charge in [0.25, 0.3) is 0 Å². The zero-order valence-electron chi connectivity index (χ0n) is 13.8. The smallest absolute Gasteiger partial charge is 0.233 e. The fourth-order valence-electron chi connectivity index (χ4n) is 3.10. The van der Waals surface area contributed by atoms with E-state index >= 15 is 0 Å². The normalized spacial score (nSPS) is 18.0. The van der Waals surface area contributed by atoms with E-state index in [2.05, 4.69) is 27.3 Å². The lowest BCUT2D eigenvalue weighted by molar-refractivity contribution is -0.131. The summed E-state index contributed by atoms with van der Waals surface area (Å²) in [7, 11) is 0. The molecule has 4 rings (SSSR count). The molecule has 130 valence electrons. The first kappa shape index (κ1) is 16.9. The van der Waals surface area contributed by atoms with Gasteiger partial charge in [0.15, 0.2) is 0 Å². The van der Waals surface area contributed by atoms with Crippen LogP contribution in [0, 0.1) is 0 Å². The summed E-state index contributed by atoms with van der Waals surface area (Å²) in [5.41, 5.74) is 1.79. The van der Waals surface area contributed by atoms with Crippen molar-refractivity contribution in [2.45, 2.75) is 37.3 Å². The van der Waals surface area contributed by atoms with Gasteiger partial charge in [-0.25, -0.2) is 9.97 Å². The molecule has 1 saturated heterocycles. The summed E-state index contributed by atoms with van der Waals surface area (Å²) in [6, 6.07) is 4.41. The summed E-state index contributed by atoms with van der Waals surface area (Å²) >= 11 is 4.56. The Balaban J connectivity index is 1.53. The van der Waals surface area contributed by atoms with Crippen molar-refractivity contribution in [2.75, 3.05) is 12.3 Å². The average Bonchev–Trinajstić information content (AvgIpc) is 3.29. The molecule has 0 bridgehead atoms. The zero-order valence-corrected chi connectivity index (χ0v) is 16.3. The first-order chi connectivity index (χ1) is 12.2. The predicted octanol–water partition coefficient (Wildman–Crippen LogP) is 4.31. The molecule has 5 nitrogen and oxygen atoms in total. The number of carbonyl (C=O) groups is 1. The minimum Gasteiger partial charge on any atom is -0.339 e. The molecule has 1 fully saturated rings. The minimum absolute atomic E-state index is 0.201. The van der Waals surface area contributed by atoms with Crippen molar-refractivity contribution in [3.05, 3.63) is 23.8 Å². The fourth-order valence-corrected chi connectivity index (χ4v) is 5.67. The zero-order chi connectivity index (χ0) is 17.2. The van der Waals surface area contributed by atoms with Crippen molar-refractivity contribution >= 4 is 50.8 Å². The van der Waals surface area contributed by atoms with Crippen LogP contribution in [0.2, 0.25) is 0 Å². The number of thiophene rings is 1. The van der Waals surface area contributed by atoms with Crippen LogP contribution in [0.15, 0.2) is 28.9 Å². The molecule has 1 aliphatic rings. The molecular formula is C17H18N4OS3. The van der Waals surface area contributed by atoms with Crippen LogP contribution in [-0.4, -0.2) is 43.5 Å². The van der Waals surface area contributed by atoms with E-state index in [0.717, 1.165) is 45.2 Å². The van der Waals surface area contributed by atoms with Crippen LogP contribution in [0.1, 0.15) is 26.2 Å². The maximum Gasteiger partial charge on any atom is 0.233 e. The third kappa shape index (κ3) is 3.43. The Kier molecular flexibility index (Phi) is 5.00. The van der Waals surface area contributed by atoms with Crippen molar-refractivity contribution in [1.82, 2.24) is 19.2 Å². The van der Waals surface area contributed by atoms with Gasteiger partial charge < -0.3 is 4.90 Å². The number of hydrogen-bond donors (Lipinski definition) is 0. The Bertz CT molecular complexity index is 877. The van der Waals surface area contributed by atoms with E-state index in [4.69, 9.17) is 0 Å². The summed E-state index contributed by atoms with van der Waals surface area (Å²) < 4.78 is 5.54.